The molecule has 4 heterocycles. The number of carbonyl (C=O) groups is 1. The van der Waals surface area contributed by atoms with Gasteiger partial charge in [0.2, 0.25) is 5.91 Å². The van der Waals surface area contributed by atoms with E-state index in [0.717, 1.165) is 52.6 Å². The van der Waals surface area contributed by atoms with E-state index in [0.29, 0.717) is 54.7 Å². The molecule has 0 saturated carbocycles. The molecular formula is C36H38N6O3S. The Kier molecular flexibility index (Phi) is 8.64. The minimum absolute atomic E-state index is 0.153. The summed E-state index contributed by atoms with van der Waals surface area (Å²) in [5.74, 6) is 3.19. The summed E-state index contributed by atoms with van der Waals surface area (Å²) in [4.78, 5) is 21.9. The van der Waals surface area contributed by atoms with E-state index < -0.39 is 0 Å². The van der Waals surface area contributed by atoms with Crippen LogP contribution in [0.25, 0.3) is 22.0 Å². The van der Waals surface area contributed by atoms with E-state index in [1.54, 1.807) is 18.3 Å². The molecule has 1 unspecified atom stereocenters. The molecule has 2 fully saturated rings. The Hall–Kier alpha value is -4.41. The van der Waals surface area contributed by atoms with Crippen LogP contribution in [-0.4, -0.2) is 61.7 Å². The molecule has 3 aromatic carbocycles. The molecule has 9 nitrogen and oxygen atoms in total. The Morgan fingerprint density at radius 3 is 2.43 bits per heavy atom. The van der Waals surface area contributed by atoms with E-state index in [9.17, 15) is 4.79 Å². The maximum atomic E-state index is 13.2. The second-order valence-electron chi connectivity index (χ2n) is 12.5. The lowest BCUT2D eigenvalue weighted by Gasteiger charge is -2.33. The van der Waals surface area contributed by atoms with Crippen molar-refractivity contribution in [1.29, 1.82) is 0 Å². The molecule has 0 N–H and O–H groups in total. The van der Waals surface area contributed by atoms with Crippen LogP contribution in [0.2, 0.25) is 0 Å². The van der Waals surface area contributed by atoms with Crippen LogP contribution in [0.5, 0.6) is 11.5 Å². The number of aromatic nitrogens is 4. The Morgan fingerprint density at radius 1 is 0.957 bits per heavy atom. The topological polar surface area (TPSA) is 97.5 Å². The molecule has 5 aromatic rings. The lowest BCUT2D eigenvalue weighted by atomic mass is 9.97. The third-order valence-electron chi connectivity index (χ3n) is 9.07. The van der Waals surface area contributed by atoms with Crippen LogP contribution in [0.1, 0.15) is 66.9 Å². The van der Waals surface area contributed by atoms with Gasteiger partial charge in [0.25, 0.3) is 5.89 Å². The van der Waals surface area contributed by atoms with E-state index in [-0.39, 0.29) is 11.8 Å². The fourth-order valence-electron chi connectivity index (χ4n) is 6.38. The Balaban J connectivity index is 1.14. The molecule has 46 heavy (non-hydrogen) atoms. The molecule has 2 aliphatic heterocycles. The summed E-state index contributed by atoms with van der Waals surface area (Å²) < 4.78 is 11.9. The predicted octanol–water partition coefficient (Wildman–Crippen LogP) is 7.46. The first-order valence-electron chi connectivity index (χ1n) is 16.0. The monoisotopic (exact) mass is 634 g/mol. The van der Waals surface area contributed by atoms with E-state index >= 15 is 0 Å². The summed E-state index contributed by atoms with van der Waals surface area (Å²) in [6.07, 6.45) is 2.72. The second-order valence-corrected chi connectivity index (χ2v) is 13.5. The van der Waals surface area contributed by atoms with Crippen molar-refractivity contribution in [1.82, 2.24) is 30.1 Å². The highest BCUT2D eigenvalue weighted by atomic mass is 32.1. The minimum atomic E-state index is 0.153. The van der Waals surface area contributed by atoms with Crippen LogP contribution < -0.4 is 4.74 Å². The number of nitrogens with zero attached hydrogens (tertiary/aromatic N) is 6. The third-order valence-corrected chi connectivity index (χ3v) is 10.2. The molecule has 2 saturated heterocycles. The zero-order valence-corrected chi connectivity index (χ0v) is 27.2. The van der Waals surface area contributed by atoms with Gasteiger partial charge in [0, 0.05) is 54.1 Å². The highest BCUT2D eigenvalue weighted by Crippen LogP contribution is 2.38. The van der Waals surface area contributed by atoms with Gasteiger partial charge in [-0.1, -0.05) is 59.0 Å². The van der Waals surface area contributed by atoms with Gasteiger partial charge in [-0.15, -0.1) is 10.2 Å². The number of hydrogen-bond donors (Lipinski definition) is 0. The average Bonchev–Trinajstić information content (AvgIpc) is 3.83. The van der Waals surface area contributed by atoms with E-state index in [4.69, 9.17) is 9.26 Å². The van der Waals surface area contributed by atoms with Gasteiger partial charge in [0.15, 0.2) is 5.82 Å². The third kappa shape index (κ3) is 6.59. The fourth-order valence-corrected chi connectivity index (χ4v) is 7.39. The number of aryl methyl sites for hydroxylation is 1. The Labute approximate surface area is 273 Å². The van der Waals surface area contributed by atoms with Crippen LogP contribution in [0.3, 0.4) is 0 Å². The maximum Gasteiger partial charge on any atom is 0.257 e. The van der Waals surface area contributed by atoms with Crippen molar-refractivity contribution in [3.8, 4) is 33.5 Å². The summed E-state index contributed by atoms with van der Waals surface area (Å²) in [7, 11) is 0. The number of benzene rings is 3. The number of ether oxygens (including phenoxy) is 1. The molecule has 0 radical (unpaired) electrons. The van der Waals surface area contributed by atoms with Crippen LogP contribution in [0, 0.1) is 6.92 Å². The lowest BCUT2D eigenvalue weighted by Crippen LogP contribution is -2.37. The predicted molar refractivity (Wildman–Crippen MR) is 178 cm³/mol. The smallest absolute Gasteiger partial charge is 0.257 e. The SMILES string of the molecule is Cc1noc(-c2ccc(Oc3cc(-c4nnc(C5CCN(C(C)C)CC5)s4)ccc3CN3CC(c4ccccc4)CC3=O)cc2)n1. The zero-order chi connectivity index (χ0) is 31.6. The molecule has 1 atom stereocenters. The van der Waals surface area contributed by atoms with Gasteiger partial charge >= 0.3 is 0 Å². The van der Waals surface area contributed by atoms with Gasteiger partial charge in [-0.05, 0) is 82.6 Å². The molecule has 2 aliphatic rings. The molecule has 1 amide bonds. The zero-order valence-electron chi connectivity index (χ0n) is 26.4. The number of amides is 1. The van der Waals surface area contributed by atoms with Gasteiger partial charge in [-0.3, -0.25) is 4.79 Å². The lowest BCUT2D eigenvalue weighted by molar-refractivity contribution is -0.128. The number of rotatable bonds is 9. The summed E-state index contributed by atoms with van der Waals surface area (Å²) in [5.41, 5.74) is 3.91. The van der Waals surface area contributed by atoms with Gasteiger partial charge < -0.3 is 19.1 Å². The molecule has 0 spiro atoms. The van der Waals surface area contributed by atoms with Crippen LogP contribution in [0.4, 0.5) is 0 Å². The largest absolute Gasteiger partial charge is 0.457 e. The highest BCUT2D eigenvalue weighted by molar-refractivity contribution is 7.14. The maximum absolute atomic E-state index is 13.2. The van der Waals surface area contributed by atoms with Crippen LogP contribution >= 0.6 is 11.3 Å². The molecular weight excluding hydrogens is 597 g/mol. The quantitative estimate of drug-likeness (QED) is 0.165. The van der Waals surface area contributed by atoms with E-state index in [1.165, 1.54) is 5.56 Å². The van der Waals surface area contributed by atoms with Crippen molar-refractivity contribution < 1.29 is 14.1 Å². The van der Waals surface area contributed by atoms with Gasteiger partial charge in [-0.25, -0.2) is 0 Å². The van der Waals surface area contributed by atoms with Crippen molar-refractivity contribution in [3.63, 3.8) is 0 Å². The molecule has 7 rings (SSSR count). The second kappa shape index (κ2) is 13.1. The van der Waals surface area contributed by atoms with Crippen LogP contribution in [-0.2, 0) is 11.3 Å². The Morgan fingerprint density at radius 2 is 1.72 bits per heavy atom. The number of hydrogen-bond acceptors (Lipinski definition) is 9. The molecule has 10 heteroatoms. The highest BCUT2D eigenvalue weighted by Gasteiger charge is 2.31. The van der Waals surface area contributed by atoms with Crippen molar-refractivity contribution >= 4 is 17.2 Å². The molecule has 0 aliphatic carbocycles. The van der Waals surface area contributed by atoms with E-state index in [2.05, 4.69) is 63.4 Å². The van der Waals surface area contributed by atoms with Crippen LogP contribution in [0.15, 0.2) is 77.3 Å². The molecule has 2 aromatic heterocycles. The standard InChI is InChI=1S/C36H38N6O3S/c1-23(2)41-17-15-27(16-18-41)35-38-39-36(46-35)28-9-10-29(21-42-22-30(20-33(42)43)25-7-5-4-6-8-25)32(19-28)44-31-13-11-26(12-14-31)34-37-24(3)40-45-34/h4-14,19,23,27,30H,15-18,20-22H2,1-3H3. The fraction of sp³-hybridized carbons (Fsp3) is 0.361. The molecule has 236 valence electrons. The summed E-state index contributed by atoms with van der Waals surface area (Å²) in [6, 6.07) is 24.6. The molecule has 0 bridgehead atoms. The summed E-state index contributed by atoms with van der Waals surface area (Å²) in [5, 5.41) is 15.1. The summed E-state index contributed by atoms with van der Waals surface area (Å²) >= 11 is 1.67. The van der Waals surface area contributed by atoms with Crippen molar-refractivity contribution in [2.45, 2.75) is 64.5 Å². The first-order valence-corrected chi connectivity index (χ1v) is 16.8. The number of likely N-dealkylation sites (tertiary alicyclic amines) is 2. The number of carbonyl (C=O) groups excluding carboxylic acids is 1. The first-order chi connectivity index (χ1) is 22.4. The Bertz CT molecular complexity index is 1790. The van der Waals surface area contributed by atoms with Gasteiger partial charge in [-0.2, -0.15) is 4.98 Å². The number of piperidine rings is 1. The van der Waals surface area contributed by atoms with Gasteiger partial charge in [0.05, 0.1) is 0 Å². The van der Waals surface area contributed by atoms with Crippen molar-refractivity contribution in [3.05, 3.63) is 94.8 Å². The van der Waals surface area contributed by atoms with Crippen molar-refractivity contribution in [2.75, 3.05) is 19.6 Å². The van der Waals surface area contributed by atoms with E-state index in [1.807, 2.05) is 53.4 Å². The van der Waals surface area contributed by atoms with Gasteiger partial charge in [0.1, 0.15) is 21.5 Å². The van der Waals surface area contributed by atoms with Crippen molar-refractivity contribution in [2.24, 2.45) is 0 Å². The normalized spacial score (nSPS) is 17.7. The minimum Gasteiger partial charge on any atom is -0.457 e. The summed E-state index contributed by atoms with van der Waals surface area (Å²) in [6.45, 7) is 9.64. The first kappa shape index (κ1) is 30.3. The average molecular weight is 635 g/mol.